The van der Waals surface area contributed by atoms with Crippen molar-refractivity contribution in [1.82, 2.24) is 20.5 Å². The van der Waals surface area contributed by atoms with Crippen molar-refractivity contribution in [3.8, 4) is 11.5 Å². The number of benzene rings is 5. The molecule has 1 saturated heterocycles. The normalized spacial score (nSPS) is 12.8. The van der Waals surface area contributed by atoms with Gasteiger partial charge in [-0.1, -0.05) is 122 Å². The number of anilines is 2. The smallest absolute Gasteiger partial charge is 0.328 e. The van der Waals surface area contributed by atoms with Crippen molar-refractivity contribution in [2.24, 2.45) is 10.2 Å². The molecule has 0 radical (unpaired) electrons. The topological polar surface area (TPSA) is 198 Å². The lowest BCUT2D eigenvalue weighted by Gasteiger charge is -2.33. The standard InChI is InChI=1S/C18H22ClNO.C12H12N2O3.C11H11N5.C6H6O.2ClH/c1-16(15-21-18-10-6-3-7-11-18)20(13-12-19)14-17-8-4-2-5-9-17;1-2-12(8-6-4-3-5-7-8)9(15)13-11(17)14-10(12)16;12-10-7-6-9(11(13)14-10)16-15-8-4-2-1-3-5-8;7-6-4-2-1-3-5-6;;/h2-11,16H,12-15H2,1H3;3-7H,2H2,1H3,(H2,13,14,15,16,17);1-7H,(H4,12,13,14);1-5,7H;2*1H/b;;16-15+;;;. The lowest BCUT2D eigenvalue weighted by atomic mass is 9.75. The number of imide groups is 2. The molecule has 0 spiro atoms. The number of nitrogens with zero attached hydrogens (tertiary/aromatic N) is 4. The zero-order chi connectivity index (χ0) is 43.9. The Morgan fingerprint density at radius 1 is 0.730 bits per heavy atom. The third-order valence-electron chi connectivity index (χ3n) is 9.19. The van der Waals surface area contributed by atoms with E-state index in [2.05, 4.69) is 61.9 Å². The fourth-order valence-corrected chi connectivity index (χ4v) is 6.10. The maximum Gasteiger partial charge on any atom is 0.328 e. The number of nitrogens with two attached hydrogens (primary N) is 2. The van der Waals surface area contributed by atoms with E-state index in [-0.39, 0.29) is 30.6 Å². The van der Waals surface area contributed by atoms with Gasteiger partial charge in [0.1, 0.15) is 29.6 Å². The van der Waals surface area contributed by atoms with E-state index in [0.717, 1.165) is 24.5 Å². The molecule has 1 aliphatic heterocycles. The second-order valence-electron chi connectivity index (χ2n) is 13.5. The molecule has 0 saturated carbocycles. The van der Waals surface area contributed by atoms with Crippen molar-refractivity contribution in [2.45, 2.75) is 38.3 Å². The number of pyridine rings is 1. The highest BCUT2D eigenvalue weighted by Gasteiger charge is 2.50. The molecule has 7 N–H and O–H groups in total. The number of nitrogen functional groups attached to an aromatic ring is 2. The second kappa shape index (κ2) is 28.2. The summed E-state index contributed by atoms with van der Waals surface area (Å²) in [4.78, 5) is 41.2. The summed E-state index contributed by atoms with van der Waals surface area (Å²) in [5, 5.41) is 20.9. The fraction of sp³-hybridized carbons (Fsp3) is 0.191. The van der Waals surface area contributed by atoms with Crippen molar-refractivity contribution in [2.75, 3.05) is 30.5 Å². The summed E-state index contributed by atoms with van der Waals surface area (Å²) in [5.41, 5.74) is 13.0. The Hall–Kier alpha value is -6.51. The summed E-state index contributed by atoms with van der Waals surface area (Å²) in [6, 6.07) is 50.1. The van der Waals surface area contributed by atoms with Gasteiger partial charge < -0.3 is 21.3 Å². The monoisotopic (exact) mass is 914 g/mol. The van der Waals surface area contributed by atoms with E-state index in [1.54, 1.807) is 73.7 Å². The Bertz CT molecular complexity index is 2250. The number of rotatable bonds is 12. The van der Waals surface area contributed by atoms with Gasteiger partial charge in [0.2, 0.25) is 11.8 Å². The van der Waals surface area contributed by atoms with Crippen LogP contribution in [0.25, 0.3) is 0 Å². The average Bonchev–Trinajstić information content (AvgIpc) is 3.27. The Kier molecular flexibility index (Phi) is 23.5. The van der Waals surface area contributed by atoms with Crippen LogP contribution >= 0.6 is 36.4 Å². The number of nitrogens with one attached hydrogen (secondary N) is 2. The average molecular weight is 916 g/mol. The Labute approximate surface area is 385 Å². The van der Waals surface area contributed by atoms with E-state index in [0.29, 0.717) is 47.8 Å². The summed E-state index contributed by atoms with van der Waals surface area (Å²) in [5.74, 6) is 1.37. The van der Waals surface area contributed by atoms with Gasteiger partial charge in [-0.3, -0.25) is 25.1 Å². The SMILES string of the molecule is CC(COc1ccccc1)N(CCCl)Cc1ccccc1.CCC1(c2ccccc2)C(=O)NC(=O)NC1=O.Cl.Cl.Nc1ccc(/N=N/c2ccccc2)c(N)n1.Oc1ccccc1. The number of halogens is 3. The van der Waals surface area contributed by atoms with Gasteiger partial charge in [0, 0.05) is 25.0 Å². The lowest BCUT2D eigenvalue weighted by Crippen LogP contribution is -2.64. The van der Waals surface area contributed by atoms with Gasteiger partial charge in [0.25, 0.3) is 0 Å². The van der Waals surface area contributed by atoms with Crippen LogP contribution in [0.4, 0.5) is 27.8 Å². The molecule has 13 nitrogen and oxygen atoms in total. The van der Waals surface area contributed by atoms with Crippen LogP contribution in [0.1, 0.15) is 31.4 Å². The maximum absolute atomic E-state index is 12.0. The molecule has 5 aromatic carbocycles. The molecule has 6 aromatic rings. The summed E-state index contributed by atoms with van der Waals surface area (Å²) in [6.07, 6.45) is 0.294. The minimum absolute atomic E-state index is 0. The lowest BCUT2D eigenvalue weighted by molar-refractivity contribution is -0.138. The molecule has 332 valence electrons. The van der Waals surface area contributed by atoms with Gasteiger partial charge in [0.05, 0.1) is 5.69 Å². The Balaban J connectivity index is 0.000000299. The molecule has 63 heavy (non-hydrogen) atoms. The Morgan fingerprint density at radius 2 is 1.24 bits per heavy atom. The highest BCUT2D eigenvalue weighted by molar-refractivity contribution is 6.22. The van der Waals surface area contributed by atoms with Crippen molar-refractivity contribution in [1.29, 1.82) is 0 Å². The van der Waals surface area contributed by atoms with E-state index >= 15 is 0 Å². The zero-order valence-electron chi connectivity index (χ0n) is 34.9. The first-order chi connectivity index (χ1) is 29.5. The minimum atomic E-state index is -1.31. The van der Waals surface area contributed by atoms with Crippen LogP contribution in [0.15, 0.2) is 174 Å². The molecule has 7 rings (SSSR count). The van der Waals surface area contributed by atoms with E-state index in [1.807, 2.05) is 72.8 Å². The van der Waals surface area contributed by atoms with E-state index in [1.165, 1.54) is 5.56 Å². The molecule has 2 heterocycles. The maximum atomic E-state index is 12.0. The van der Waals surface area contributed by atoms with Crippen molar-refractivity contribution in [3.05, 3.63) is 175 Å². The molecule has 0 aliphatic carbocycles. The first-order valence-corrected chi connectivity index (χ1v) is 20.1. The number of hydrogen-bond acceptors (Lipinski definition) is 11. The van der Waals surface area contributed by atoms with E-state index in [4.69, 9.17) is 32.9 Å². The van der Waals surface area contributed by atoms with Crippen LogP contribution in [0.5, 0.6) is 11.5 Å². The number of barbiturate groups is 1. The Morgan fingerprint density at radius 3 is 1.73 bits per heavy atom. The number of hydrogen-bond donors (Lipinski definition) is 5. The van der Waals surface area contributed by atoms with Crippen LogP contribution in [0, 0.1) is 0 Å². The van der Waals surface area contributed by atoms with Crippen LogP contribution in [0.3, 0.4) is 0 Å². The first kappa shape index (κ1) is 52.6. The largest absolute Gasteiger partial charge is 0.508 e. The predicted molar refractivity (Wildman–Crippen MR) is 255 cm³/mol. The third kappa shape index (κ3) is 17.1. The molecule has 1 fully saturated rings. The summed E-state index contributed by atoms with van der Waals surface area (Å²) in [7, 11) is 0. The molecule has 0 bridgehead atoms. The summed E-state index contributed by atoms with van der Waals surface area (Å²) < 4.78 is 5.85. The van der Waals surface area contributed by atoms with E-state index in [9.17, 15) is 14.4 Å². The number of carbonyl (C=O) groups is 3. The van der Waals surface area contributed by atoms with Gasteiger partial charge >= 0.3 is 6.03 Å². The highest BCUT2D eigenvalue weighted by atomic mass is 35.5. The van der Waals surface area contributed by atoms with Crippen LogP contribution in [0.2, 0.25) is 0 Å². The van der Waals surface area contributed by atoms with Crippen molar-refractivity contribution < 1.29 is 24.2 Å². The number of phenols is 1. The van der Waals surface area contributed by atoms with Crippen LogP contribution in [-0.2, 0) is 21.5 Å². The quantitative estimate of drug-likeness (QED) is 0.0451. The number of carbonyl (C=O) groups excluding carboxylic acids is 3. The van der Waals surface area contributed by atoms with Crippen molar-refractivity contribution >= 4 is 77.3 Å². The molecule has 1 aliphatic rings. The predicted octanol–water partition coefficient (Wildman–Crippen LogP) is 9.79. The van der Waals surface area contributed by atoms with Gasteiger partial charge in [-0.2, -0.15) is 5.11 Å². The summed E-state index contributed by atoms with van der Waals surface area (Å²) in [6.45, 7) is 6.33. The number of alkyl halides is 1. The summed E-state index contributed by atoms with van der Waals surface area (Å²) >= 11 is 5.94. The number of amides is 4. The molecule has 1 unspecified atom stereocenters. The first-order valence-electron chi connectivity index (χ1n) is 19.5. The molecule has 1 atom stereocenters. The minimum Gasteiger partial charge on any atom is -0.508 e. The van der Waals surface area contributed by atoms with Crippen LogP contribution < -0.4 is 26.8 Å². The third-order valence-corrected chi connectivity index (χ3v) is 9.36. The molecule has 1 aromatic heterocycles. The number of urea groups is 1. The van der Waals surface area contributed by atoms with Gasteiger partial charge in [-0.25, -0.2) is 9.78 Å². The number of aromatic nitrogens is 1. The van der Waals surface area contributed by atoms with Gasteiger partial charge in [-0.15, -0.1) is 41.5 Å². The molecule has 16 heteroatoms. The molecular weight excluding hydrogens is 863 g/mol. The van der Waals surface area contributed by atoms with Gasteiger partial charge in [-0.05, 0) is 73.0 Å². The highest BCUT2D eigenvalue weighted by Crippen LogP contribution is 2.30. The second-order valence-corrected chi connectivity index (χ2v) is 13.9. The molecular formula is C47H53Cl3N8O5. The fourth-order valence-electron chi connectivity index (χ4n) is 5.89. The van der Waals surface area contributed by atoms with Crippen LogP contribution in [-0.4, -0.2) is 57.9 Å². The number of phenolic OH excluding ortho intramolecular Hbond substituents is 1. The number of para-hydroxylation sites is 2. The van der Waals surface area contributed by atoms with Gasteiger partial charge in [0.15, 0.2) is 11.2 Å². The van der Waals surface area contributed by atoms with Crippen molar-refractivity contribution in [3.63, 3.8) is 0 Å². The zero-order valence-corrected chi connectivity index (χ0v) is 37.3. The molecule has 4 amide bonds. The number of ether oxygens (including phenoxy) is 1. The van der Waals surface area contributed by atoms with E-state index < -0.39 is 23.3 Å². The number of aromatic hydroxyl groups is 1. The number of azo groups is 1.